The number of hydrogen-bond donors (Lipinski definition) is 2. The van der Waals surface area contributed by atoms with Gasteiger partial charge in [-0.15, -0.1) is 0 Å². The van der Waals surface area contributed by atoms with E-state index in [1.165, 1.54) is 0 Å². The van der Waals surface area contributed by atoms with Crippen LogP contribution in [0.2, 0.25) is 0 Å². The predicted octanol–water partition coefficient (Wildman–Crippen LogP) is 2.79. The van der Waals surface area contributed by atoms with Crippen LogP contribution in [0, 0.1) is 0 Å². The third-order valence-electron chi connectivity index (χ3n) is 2.69. The SMILES string of the molecule is CCCCNC(=O)Nc1cccc(-n2cccn2)c1. The monoisotopic (exact) mass is 258 g/mol. The van der Waals surface area contributed by atoms with Crippen LogP contribution in [0.25, 0.3) is 5.69 Å². The molecule has 0 aliphatic heterocycles. The Morgan fingerprint density at radius 2 is 2.26 bits per heavy atom. The van der Waals surface area contributed by atoms with Crippen LogP contribution in [-0.4, -0.2) is 22.4 Å². The zero-order valence-corrected chi connectivity index (χ0v) is 11.0. The number of urea groups is 1. The summed E-state index contributed by atoms with van der Waals surface area (Å²) in [4.78, 5) is 11.6. The van der Waals surface area contributed by atoms with Gasteiger partial charge in [-0.1, -0.05) is 19.4 Å². The van der Waals surface area contributed by atoms with Crippen LogP contribution in [0.5, 0.6) is 0 Å². The lowest BCUT2D eigenvalue weighted by Gasteiger charge is -2.08. The molecule has 100 valence electrons. The second-order valence-electron chi connectivity index (χ2n) is 4.24. The third kappa shape index (κ3) is 3.84. The Hall–Kier alpha value is -2.30. The number of hydrogen-bond acceptors (Lipinski definition) is 2. The maximum Gasteiger partial charge on any atom is 0.319 e. The topological polar surface area (TPSA) is 59.0 Å². The summed E-state index contributed by atoms with van der Waals surface area (Å²) >= 11 is 0. The number of nitrogens with one attached hydrogen (secondary N) is 2. The fourth-order valence-corrected chi connectivity index (χ4v) is 1.70. The molecule has 1 aromatic carbocycles. The summed E-state index contributed by atoms with van der Waals surface area (Å²) in [5.74, 6) is 0. The molecule has 2 aromatic rings. The van der Waals surface area contributed by atoms with Gasteiger partial charge in [0.25, 0.3) is 0 Å². The quantitative estimate of drug-likeness (QED) is 0.810. The first-order valence-electron chi connectivity index (χ1n) is 6.44. The fourth-order valence-electron chi connectivity index (χ4n) is 1.70. The van der Waals surface area contributed by atoms with Crippen molar-refractivity contribution in [3.05, 3.63) is 42.7 Å². The van der Waals surface area contributed by atoms with Crippen molar-refractivity contribution in [2.45, 2.75) is 19.8 Å². The summed E-state index contributed by atoms with van der Waals surface area (Å²) in [7, 11) is 0. The van der Waals surface area contributed by atoms with E-state index < -0.39 is 0 Å². The maximum absolute atomic E-state index is 11.6. The number of carbonyl (C=O) groups is 1. The van der Waals surface area contributed by atoms with Gasteiger partial charge in [0, 0.05) is 24.6 Å². The van der Waals surface area contributed by atoms with Crippen molar-refractivity contribution in [3.8, 4) is 5.69 Å². The van der Waals surface area contributed by atoms with E-state index >= 15 is 0 Å². The molecule has 0 bridgehead atoms. The van der Waals surface area contributed by atoms with Crippen molar-refractivity contribution in [3.63, 3.8) is 0 Å². The van der Waals surface area contributed by atoms with E-state index in [1.807, 2.05) is 36.5 Å². The molecule has 5 nitrogen and oxygen atoms in total. The first kappa shape index (κ1) is 13.1. The standard InChI is InChI=1S/C14H18N4O/c1-2-3-8-15-14(19)17-12-6-4-7-13(11-12)18-10-5-9-16-18/h4-7,9-11H,2-3,8H2,1H3,(H2,15,17,19). The summed E-state index contributed by atoms with van der Waals surface area (Å²) in [6.45, 7) is 2.79. The predicted molar refractivity (Wildman–Crippen MR) is 75.5 cm³/mol. The first-order valence-corrected chi connectivity index (χ1v) is 6.44. The summed E-state index contributed by atoms with van der Waals surface area (Å²) in [5.41, 5.74) is 1.67. The molecule has 2 amide bonds. The lowest BCUT2D eigenvalue weighted by atomic mass is 10.3. The van der Waals surface area contributed by atoms with E-state index in [4.69, 9.17) is 0 Å². The molecule has 0 saturated heterocycles. The number of unbranched alkanes of at least 4 members (excludes halogenated alkanes) is 1. The number of anilines is 1. The van der Waals surface area contributed by atoms with Crippen LogP contribution in [0.3, 0.4) is 0 Å². The number of benzene rings is 1. The summed E-state index contributed by atoms with van der Waals surface area (Å²) in [6.07, 6.45) is 5.63. The van der Waals surface area contributed by atoms with E-state index in [0.717, 1.165) is 24.2 Å². The van der Waals surface area contributed by atoms with Crippen molar-refractivity contribution < 1.29 is 4.79 Å². The highest BCUT2D eigenvalue weighted by atomic mass is 16.2. The molecule has 0 fully saturated rings. The largest absolute Gasteiger partial charge is 0.338 e. The fraction of sp³-hybridized carbons (Fsp3) is 0.286. The van der Waals surface area contributed by atoms with Gasteiger partial charge in [0.2, 0.25) is 0 Å². The van der Waals surface area contributed by atoms with E-state index in [-0.39, 0.29) is 6.03 Å². The van der Waals surface area contributed by atoms with Crippen LogP contribution < -0.4 is 10.6 Å². The Labute approximate surface area is 112 Å². The van der Waals surface area contributed by atoms with Crippen molar-refractivity contribution in [1.82, 2.24) is 15.1 Å². The molecule has 0 atom stereocenters. The first-order chi connectivity index (χ1) is 9.29. The molecule has 19 heavy (non-hydrogen) atoms. The molecule has 0 aliphatic rings. The normalized spacial score (nSPS) is 10.2. The minimum absolute atomic E-state index is 0.175. The smallest absolute Gasteiger partial charge is 0.319 e. The second-order valence-corrected chi connectivity index (χ2v) is 4.24. The molecular formula is C14H18N4O. The van der Waals surface area contributed by atoms with Gasteiger partial charge in [-0.3, -0.25) is 0 Å². The highest BCUT2D eigenvalue weighted by Gasteiger charge is 2.02. The van der Waals surface area contributed by atoms with Gasteiger partial charge in [-0.25, -0.2) is 9.48 Å². The molecule has 1 aromatic heterocycles. The average molecular weight is 258 g/mol. The van der Waals surface area contributed by atoms with Crippen molar-refractivity contribution in [1.29, 1.82) is 0 Å². The van der Waals surface area contributed by atoms with Crippen molar-refractivity contribution in [2.24, 2.45) is 0 Å². The lowest BCUT2D eigenvalue weighted by molar-refractivity contribution is 0.252. The minimum atomic E-state index is -0.175. The minimum Gasteiger partial charge on any atom is -0.338 e. The summed E-state index contributed by atoms with van der Waals surface area (Å²) < 4.78 is 1.75. The van der Waals surface area contributed by atoms with Gasteiger partial charge in [0.15, 0.2) is 0 Å². The van der Waals surface area contributed by atoms with Crippen molar-refractivity contribution in [2.75, 3.05) is 11.9 Å². The maximum atomic E-state index is 11.6. The van der Waals surface area contributed by atoms with Crippen LogP contribution in [-0.2, 0) is 0 Å². The molecule has 0 unspecified atom stereocenters. The van der Waals surface area contributed by atoms with Crippen LogP contribution in [0.15, 0.2) is 42.7 Å². The number of aromatic nitrogens is 2. The Balaban J connectivity index is 1.97. The van der Waals surface area contributed by atoms with E-state index in [0.29, 0.717) is 6.54 Å². The van der Waals surface area contributed by atoms with E-state index in [9.17, 15) is 4.79 Å². The molecule has 0 saturated carbocycles. The molecule has 2 N–H and O–H groups in total. The zero-order valence-electron chi connectivity index (χ0n) is 11.0. The third-order valence-corrected chi connectivity index (χ3v) is 2.69. The van der Waals surface area contributed by atoms with Gasteiger partial charge in [-0.05, 0) is 30.7 Å². The number of nitrogens with zero attached hydrogens (tertiary/aromatic N) is 2. The Morgan fingerprint density at radius 3 is 3.00 bits per heavy atom. The summed E-state index contributed by atoms with van der Waals surface area (Å²) in [5, 5.41) is 9.78. The highest BCUT2D eigenvalue weighted by Crippen LogP contribution is 2.13. The van der Waals surface area contributed by atoms with Crippen molar-refractivity contribution >= 4 is 11.7 Å². The molecule has 5 heteroatoms. The zero-order chi connectivity index (χ0) is 13.5. The summed E-state index contributed by atoms with van der Waals surface area (Å²) in [6, 6.07) is 9.24. The highest BCUT2D eigenvalue weighted by molar-refractivity contribution is 5.89. The molecule has 1 heterocycles. The van der Waals surface area contributed by atoms with Gasteiger partial charge in [0.1, 0.15) is 0 Å². The van der Waals surface area contributed by atoms with Crippen LogP contribution >= 0.6 is 0 Å². The van der Waals surface area contributed by atoms with Gasteiger partial charge < -0.3 is 10.6 Å². The Morgan fingerprint density at radius 1 is 1.37 bits per heavy atom. The van der Waals surface area contributed by atoms with E-state index in [1.54, 1.807) is 10.9 Å². The number of amides is 2. The van der Waals surface area contributed by atoms with Crippen LogP contribution in [0.1, 0.15) is 19.8 Å². The lowest BCUT2D eigenvalue weighted by Crippen LogP contribution is -2.29. The van der Waals surface area contributed by atoms with Gasteiger partial charge in [0.05, 0.1) is 5.69 Å². The van der Waals surface area contributed by atoms with E-state index in [2.05, 4.69) is 22.7 Å². The number of carbonyl (C=O) groups excluding carboxylic acids is 1. The van der Waals surface area contributed by atoms with Gasteiger partial charge >= 0.3 is 6.03 Å². The van der Waals surface area contributed by atoms with Crippen LogP contribution in [0.4, 0.5) is 10.5 Å². The Kier molecular flexibility index (Phi) is 4.55. The molecule has 0 spiro atoms. The Bertz CT molecular complexity index is 522. The molecule has 0 radical (unpaired) electrons. The average Bonchev–Trinajstić information content (AvgIpc) is 2.93. The molecular weight excluding hydrogens is 240 g/mol. The second kappa shape index (κ2) is 6.58. The molecule has 0 aliphatic carbocycles. The number of rotatable bonds is 5. The van der Waals surface area contributed by atoms with Gasteiger partial charge in [-0.2, -0.15) is 5.10 Å². The molecule has 2 rings (SSSR count).